The highest BCUT2D eigenvalue weighted by Gasteiger charge is 2.26. The van der Waals surface area contributed by atoms with Gasteiger partial charge in [-0.3, -0.25) is 0 Å². The van der Waals surface area contributed by atoms with Gasteiger partial charge in [0, 0.05) is 26.2 Å². The fourth-order valence-electron chi connectivity index (χ4n) is 2.14. The number of imidazole rings is 1. The molecule has 2 heterocycles. The van der Waals surface area contributed by atoms with Crippen LogP contribution in [-0.2, 0) is 11.8 Å². The molecule has 16 heavy (non-hydrogen) atoms. The summed E-state index contributed by atoms with van der Waals surface area (Å²) in [5.74, 6) is 0.0724. The van der Waals surface area contributed by atoms with E-state index in [1.165, 1.54) is 0 Å². The smallest absolute Gasteiger partial charge is 0.354 e. The highest BCUT2D eigenvalue weighted by atomic mass is 16.5. The minimum absolute atomic E-state index is 0.222. The summed E-state index contributed by atoms with van der Waals surface area (Å²) in [6, 6.07) is 0. The molecule has 88 valence electrons. The molecule has 0 aliphatic carbocycles. The zero-order valence-corrected chi connectivity index (χ0v) is 9.56. The van der Waals surface area contributed by atoms with E-state index in [0.717, 1.165) is 24.4 Å². The van der Waals surface area contributed by atoms with Crippen LogP contribution in [-0.4, -0.2) is 33.8 Å². The van der Waals surface area contributed by atoms with Gasteiger partial charge in [-0.1, -0.05) is 0 Å². The predicted molar refractivity (Wildman–Crippen MR) is 57.7 cm³/mol. The van der Waals surface area contributed by atoms with Crippen molar-refractivity contribution in [1.29, 1.82) is 0 Å². The third-order valence-corrected chi connectivity index (χ3v) is 3.16. The van der Waals surface area contributed by atoms with E-state index < -0.39 is 5.97 Å². The van der Waals surface area contributed by atoms with Crippen molar-refractivity contribution < 1.29 is 14.6 Å². The molecule has 2 rings (SSSR count). The van der Waals surface area contributed by atoms with Gasteiger partial charge in [-0.05, 0) is 19.8 Å². The highest BCUT2D eigenvalue weighted by molar-refractivity contribution is 5.87. The average Bonchev–Trinajstić information content (AvgIpc) is 2.57. The maximum absolute atomic E-state index is 11.2. The first-order valence-corrected chi connectivity index (χ1v) is 5.45. The molecule has 5 nitrogen and oxygen atoms in total. The first kappa shape index (κ1) is 11.1. The van der Waals surface area contributed by atoms with E-state index in [0.29, 0.717) is 18.9 Å². The fourth-order valence-corrected chi connectivity index (χ4v) is 2.14. The van der Waals surface area contributed by atoms with Crippen LogP contribution in [0, 0.1) is 6.92 Å². The van der Waals surface area contributed by atoms with Crippen molar-refractivity contribution in [2.45, 2.75) is 25.7 Å². The van der Waals surface area contributed by atoms with Crippen molar-refractivity contribution in [2.75, 3.05) is 13.2 Å². The standard InChI is InChI=1S/C11H16N2O3/c1-7-12-9(8-3-5-16-6-4-8)10(11(14)15)13(7)2/h8H,3-6H2,1-2H3,(H,14,15). The lowest BCUT2D eigenvalue weighted by atomic mass is 9.95. The Morgan fingerprint density at radius 3 is 2.69 bits per heavy atom. The molecule has 0 aromatic carbocycles. The van der Waals surface area contributed by atoms with Gasteiger partial charge in [-0.25, -0.2) is 9.78 Å². The third kappa shape index (κ3) is 1.82. The molecule has 0 radical (unpaired) electrons. The predicted octanol–water partition coefficient (Wildman–Crippen LogP) is 1.32. The third-order valence-electron chi connectivity index (χ3n) is 3.16. The lowest BCUT2D eigenvalue weighted by Crippen LogP contribution is -2.17. The van der Waals surface area contributed by atoms with Gasteiger partial charge in [0.1, 0.15) is 5.82 Å². The summed E-state index contributed by atoms with van der Waals surface area (Å²) in [5, 5.41) is 9.20. The largest absolute Gasteiger partial charge is 0.477 e. The van der Waals surface area contributed by atoms with Crippen LogP contribution in [0.5, 0.6) is 0 Å². The molecule has 0 saturated carbocycles. The van der Waals surface area contributed by atoms with Gasteiger partial charge in [-0.15, -0.1) is 0 Å². The molecule has 5 heteroatoms. The van der Waals surface area contributed by atoms with Gasteiger partial charge in [0.05, 0.1) is 5.69 Å². The van der Waals surface area contributed by atoms with Crippen molar-refractivity contribution in [2.24, 2.45) is 7.05 Å². The second-order valence-corrected chi connectivity index (χ2v) is 4.14. The summed E-state index contributed by atoms with van der Waals surface area (Å²) < 4.78 is 6.92. The van der Waals surface area contributed by atoms with Gasteiger partial charge >= 0.3 is 5.97 Å². The fraction of sp³-hybridized carbons (Fsp3) is 0.636. The van der Waals surface area contributed by atoms with Gasteiger partial charge in [0.2, 0.25) is 0 Å². The number of aromatic nitrogens is 2. The average molecular weight is 224 g/mol. The lowest BCUT2D eigenvalue weighted by Gasteiger charge is -2.20. The monoisotopic (exact) mass is 224 g/mol. The molecular formula is C11H16N2O3. The molecule has 1 aromatic rings. The molecule has 1 N–H and O–H groups in total. The molecule has 1 fully saturated rings. The van der Waals surface area contributed by atoms with E-state index in [9.17, 15) is 9.90 Å². The Morgan fingerprint density at radius 2 is 2.12 bits per heavy atom. The summed E-state index contributed by atoms with van der Waals surface area (Å²) in [6.07, 6.45) is 1.72. The zero-order chi connectivity index (χ0) is 11.7. The Bertz CT molecular complexity index is 406. The van der Waals surface area contributed by atoms with E-state index in [1.807, 2.05) is 6.92 Å². The Kier molecular flexibility index (Phi) is 2.96. The van der Waals surface area contributed by atoms with Crippen molar-refractivity contribution in [1.82, 2.24) is 9.55 Å². The van der Waals surface area contributed by atoms with Gasteiger partial charge < -0.3 is 14.4 Å². The van der Waals surface area contributed by atoms with Gasteiger partial charge in [-0.2, -0.15) is 0 Å². The summed E-state index contributed by atoms with van der Waals surface area (Å²) in [7, 11) is 1.74. The van der Waals surface area contributed by atoms with Crippen LogP contribution in [0.25, 0.3) is 0 Å². The topological polar surface area (TPSA) is 64.3 Å². The molecule has 1 aliphatic rings. The summed E-state index contributed by atoms with van der Waals surface area (Å²) in [5.41, 5.74) is 1.04. The van der Waals surface area contributed by atoms with Crippen LogP contribution in [0.2, 0.25) is 0 Å². The quantitative estimate of drug-likeness (QED) is 0.822. The first-order chi connectivity index (χ1) is 7.61. The molecule has 1 aromatic heterocycles. The Balaban J connectivity index is 2.38. The molecule has 0 atom stereocenters. The van der Waals surface area contributed by atoms with Crippen molar-refractivity contribution in [3.63, 3.8) is 0 Å². The number of carboxylic acid groups (broad SMARTS) is 1. The highest BCUT2D eigenvalue weighted by Crippen LogP contribution is 2.29. The van der Waals surface area contributed by atoms with E-state index in [4.69, 9.17) is 4.74 Å². The minimum Gasteiger partial charge on any atom is -0.477 e. The number of ether oxygens (including phenoxy) is 1. The van der Waals surface area contributed by atoms with Crippen LogP contribution in [0.1, 0.15) is 40.8 Å². The van der Waals surface area contributed by atoms with E-state index in [1.54, 1.807) is 11.6 Å². The second-order valence-electron chi connectivity index (χ2n) is 4.14. The van der Waals surface area contributed by atoms with E-state index >= 15 is 0 Å². The van der Waals surface area contributed by atoms with Crippen LogP contribution in [0.3, 0.4) is 0 Å². The summed E-state index contributed by atoms with van der Waals surface area (Å²) >= 11 is 0. The second kappa shape index (κ2) is 4.25. The van der Waals surface area contributed by atoms with Crippen LogP contribution < -0.4 is 0 Å². The van der Waals surface area contributed by atoms with Crippen LogP contribution >= 0.6 is 0 Å². The van der Waals surface area contributed by atoms with Crippen LogP contribution in [0.4, 0.5) is 0 Å². The minimum atomic E-state index is -0.899. The first-order valence-electron chi connectivity index (χ1n) is 5.45. The normalized spacial score (nSPS) is 17.6. The molecule has 0 amide bonds. The van der Waals surface area contributed by atoms with E-state index in [2.05, 4.69) is 4.98 Å². The summed E-state index contributed by atoms with van der Waals surface area (Å²) in [4.78, 5) is 15.6. The number of rotatable bonds is 2. The van der Waals surface area contributed by atoms with E-state index in [-0.39, 0.29) is 5.92 Å². The number of hydrogen-bond donors (Lipinski definition) is 1. The molecule has 0 bridgehead atoms. The van der Waals surface area contributed by atoms with Crippen molar-refractivity contribution >= 4 is 5.97 Å². The Labute approximate surface area is 94.1 Å². The number of aryl methyl sites for hydroxylation is 1. The molecule has 0 spiro atoms. The SMILES string of the molecule is Cc1nc(C2CCOCC2)c(C(=O)O)n1C. The summed E-state index contributed by atoms with van der Waals surface area (Å²) in [6.45, 7) is 3.22. The number of aromatic carboxylic acids is 1. The number of nitrogens with zero attached hydrogens (tertiary/aromatic N) is 2. The lowest BCUT2D eigenvalue weighted by molar-refractivity contribution is 0.0673. The number of carbonyl (C=O) groups is 1. The maximum Gasteiger partial charge on any atom is 0.354 e. The number of carboxylic acids is 1. The number of hydrogen-bond acceptors (Lipinski definition) is 3. The Hall–Kier alpha value is -1.36. The van der Waals surface area contributed by atoms with Crippen LogP contribution in [0.15, 0.2) is 0 Å². The molecule has 1 aliphatic heterocycles. The molecule has 1 saturated heterocycles. The van der Waals surface area contributed by atoms with Crippen molar-refractivity contribution in [3.05, 3.63) is 17.2 Å². The van der Waals surface area contributed by atoms with Crippen molar-refractivity contribution in [3.8, 4) is 0 Å². The molecule has 0 unspecified atom stereocenters. The maximum atomic E-state index is 11.2. The van der Waals surface area contributed by atoms with Gasteiger partial charge in [0.25, 0.3) is 0 Å². The Morgan fingerprint density at radius 1 is 1.50 bits per heavy atom. The van der Waals surface area contributed by atoms with Gasteiger partial charge in [0.15, 0.2) is 5.69 Å². The molecular weight excluding hydrogens is 208 g/mol. The zero-order valence-electron chi connectivity index (χ0n) is 9.56.